The molecule has 7 nitrogen and oxygen atoms in total. The van der Waals surface area contributed by atoms with Gasteiger partial charge in [-0.15, -0.1) is 0 Å². The lowest BCUT2D eigenvalue weighted by atomic mass is 9.78. The Labute approximate surface area is 240 Å². The predicted octanol–water partition coefficient (Wildman–Crippen LogP) is 6.66. The number of nitrogens with zero attached hydrogens (tertiary/aromatic N) is 4. The first-order valence-corrected chi connectivity index (χ1v) is 13.7. The van der Waals surface area contributed by atoms with Crippen LogP contribution in [0.5, 0.6) is 5.75 Å². The summed E-state index contributed by atoms with van der Waals surface area (Å²) in [6, 6.07) is 13.8. The number of hydrogen-bond acceptors (Lipinski definition) is 5. The second kappa shape index (κ2) is 10.5. The quantitative estimate of drug-likeness (QED) is 0.276. The standard InChI is InChI=1S/C33H36FN5O2/c1-32(2,3)25-19-21(20-26(30(25)41)33(4,5)6)7-12-27(40)38-18-17-36-39-29(23-13-15-35-16-14-23)28(37-31(38)39)22-8-10-24(34)11-9-22/h7-16,19-20,36,41H,17-18H2,1-6H3/b12-7+. The number of carbonyl (C=O) groups excluding carboxylic acids is 1. The predicted molar refractivity (Wildman–Crippen MR) is 162 cm³/mol. The molecule has 0 spiro atoms. The molecule has 3 heterocycles. The summed E-state index contributed by atoms with van der Waals surface area (Å²) < 4.78 is 15.5. The van der Waals surface area contributed by atoms with Crippen molar-refractivity contribution in [1.29, 1.82) is 0 Å². The van der Waals surface area contributed by atoms with Crippen molar-refractivity contribution in [2.75, 3.05) is 23.4 Å². The molecule has 0 saturated carbocycles. The van der Waals surface area contributed by atoms with Gasteiger partial charge in [-0.3, -0.25) is 14.7 Å². The van der Waals surface area contributed by atoms with E-state index in [4.69, 9.17) is 4.98 Å². The number of halogens is 1. The molecule has 0 unspecified atom stereocenters. The van der Waals surface area contributed by atoms with E-state index in [1.165, 1.54) is 12.1 Å². The van der Waals surface area contributed by atoms with Gasteiger partial charge in [-0.25, -0.2) is 14.1 Å². The van der Waals surface area contributed by atoms with E-state index in [9.17, 15) is 14.3 Å². The van der Waals surface area contributed by atoms with Crippen molar-refractivity contribution in [2.45, 2.75) is 52.4 Å². The van der Waals surface area contributed by atoms with Gasteiger partial charge in [0.25, 0.3) is 5.91 Å². The number of anilines is 1. The lowest BCUT2D eigenvalue weighted by Gasteiger charge is -2.28. The topological polar surface area (TPSA) is 83.3 Å². The van der Waals surface area contributed by atoms with E-state index in [0.29, 0.717) is 30.5 Å². The fraction of sp³-hybridized carbons (Fsp3) is 0.303. The van der Waals surface area contributed by atoms with Gasteiger partial charge in [0.15, 0.2) is 0 Å². The molecule has 212 valence electrons. The Morgan fingerprint density at radius 1 is 0.951 bits per heavy atom. The Balaban J connectivity index is 1.56. The zero-order valence-electron chi connectivity index (χ0n) is 24.4. The number of imidazole rings is 1. The Bertz CT molecular complexity index is 1580. The molecular formula is C33H36FN5O2. The number of nitrogens with one attached hydrogen (secondary N) is 1. The van der Waals surface area contributed by atoms with Gasteiger partial charge < -0.3 is 10.5 Å². The molecule has 0 atom stereocenters. The molecule has 0 bridgehead atoms. The fourth-order valence-corrected chi connectivity index (χ4v) is 5.06. The van der Waals surface area contributed by atoms with Crippen LogP contribution in [0.15, 0.2) is 67.0 Å². The van der Waals surface area contributed by atoms with Gasteiger partial charge in [0.1, 0.15) is 17.3 Å². The maximum atomic E-state index is 13.7. The minimum absolute atomic E-state index is 0.215. The van der Waals surface area contributed by atoms with Gasteiger partial charge >= 0.3 is 0 Å². The lowest BCUT2D eigenvalue weighted by Crippen LogP contribution is -2.43. The zero-order chi connectivity index (χ0) is 29.5. The van der Waals surface area contributed by atoms with E-state index in [1.54, 1.807) is 41.6 Å². The Kier molecular flexibility index (Phi) is 7.19. The normalized spacial score (nSPS) is 13.8. The van der Waals surface area contributed by atoms with Gasteiger partial charge in [-0.2, -0.15) is 0 Å². The van der Waals surface area contributed by atoms with Gasteiger partial charge in [0.05, 0.1) is 5.69 Å². The van der Waals surface area contributed by atoms with Gasteiger partial charge in [-0.05, 0) is 71.0 Å². The van der Waals surface area contributed by atoms with Crippen molar-refractivity contribution in [3.8, 4) is 28.3 Å². The molecule has 8 heteroatoms. The number of aromatic nitrogens is 3. The van der Waals surface area contributed by atoms with Crippen LogP contribution in [0.2, 0.25) is 0 Å². The van der Waals surface area contributed by atoms with Gasteiger partial charge in [0.2, 0.25) is 5.95 Å². The second-order valence-corrected chi connectivity index (χ2v) is 12.4. The van der Waals surface area contributed by atoms with Crippen LogP contribution < -0.4 is 10.3 Å². The number of carbonyl (C=O) groups is 1. The SMILES string of the molecule is CC(C)(C)c1cc(/C=C/C(=O)N2CCNn3c2nc(-c2ccc(F)cc2)c3-c2ccncc2)cc(C(C)(C)C)c1O. The molecule has 5 rings (SSSR count). The van der Waals surface area contributed by atoms with Crippen LogP contribution in [0.3, 0.4) is 0 Å². The van der Waals surface area contributed by atoms with Crippen molar-refractivity contribution in [2.24, 2.45) is 0 Å². The average Bonchev–Trinajstić information content (AvgIpc) is 3.31. The highest BCUT2D eigenvalue weighted by Crippen LogP contribution is 2.40. The average molecular weight is 554 g/mol. The third kappa shape index (κ3) is 5.59. The molecule has 1 aliphatic rings. The second-order valence-electron chi connectivity index (χ2n) is 12.4. The zero-order valence-corrected chi connectivity index (χ0v) is 24.4. The van der Waals surface area contributed by atoms with Crippen LogP contribution in [0.1, 0.15) is 58.2 Å². The first kappa shape index (κ1) is 28.1. The smallest absolute Gasteiger partial charge is 0.253 e. The number of aromatic hydroxyl groups is 1. The van der Waals surface area contributed by atoms with E-state index in [1.807, 2.05) is 28.9 Å². The maximum absolute atomic E-state index is 13.7. The van der Waals surface area contributed by atoms with Crippen molar-refractivity contribution in [3.63, 3.8) is 0 Å². The highest BCUT2D eigenvalue weighted by atomic mass is 19.1. The molecule has 0 aliphatic carbocycles. The van der Waals surface area contributed by atoms with Crippen LogP contribution in [-0.4, -0.2) is 38.7 Å². The molecule has 2 aromatic carbocycles. The number of rotatable bonds is 4. The summed E-state index contributed by atoms with van der Waals surface area (Å²) in [7, 11) is 0. The van der Waals surface area contributed by atoms with E-state index < -0.39 is 0 Å². The molecule has 4 aromatic rings. The first-order valence-electron chi connectivity index (χ1n) is 13.7. The van der Waals surface area contributed by atoms with Gasteiger partial charge in [0, 0.05) is 53.8 Å². The highest BCUT2D eigenvalue weighted by molar-refractivity contribution is 6.04. The van der Waals surface area contributed by atoms with Crippen LogP contribution in [-0.2, 0) is 15.6 Å². The van der Waals surface area contributed by atoms with E-state index in [-0.39, 0.29) is 22.6 Å². The molecular weight excluding hydrogens is 517 g/mol. The van der Waals surface area contributed by atoms with Crippen molar-refractivity contribution >= 4 is 17.9 Å². The van der Waals surface area contributed by atoms with E-state index >= 15 is 0 Å². The summed E-state index contributed by atoms with van der Waals surface area (Å²) in [4.78, 5) is 24.3. The monoisotopic (exact) mass is 553 g/mol. The summed E-state index contributed by atoms with van der Waals surface area (Å²) in [5.41, 5.74) is 8.31. The van der Waals surface area contributed by atoms with Crippen LogP contribution in [0, 0.1) is 5.82 Å². The van der Waals surface area contributed by atoms with Crippen LogP contribution in [0.25, 0.3) is 28.6 Å². The van der Waals surface area contributed by atoms with Crippen molar-refractivity contribution in [1.82, 2.24) is 14.6 Å². The van der Waals surface area contributed by atoms with Crippen molar-refractivity contribution < 1.29 is 14.3 Å². The fourth-order valence-electron chi connectivity index (χ4n) is 5.06. The number of hydrogen-bond donors (Lipinski definition) is 2. The molecule has 0 saturated heterocycles. The number of benzene rings is 2. The number of fused-ring (bicyclic) bond motifs is 1. The third-order valence-corrected chi connectivity index (χ3v) is 7.21. The van der Waals surface area contributed by atoms with Crippen molar-refractivity contribution in [3.05, 3.63) is 89.5 Å². The molecule has 41 heavy (non-hydrogen) atoms. The molecule has 1 amide bonds. The summed E-state index contributed by atoms with van der Waals surface area (Å²) in [5, 5.41) is 11.1. The minimum Gasteiger partial charge on any atom is -0.507 e. The van der Waals surface area contributed by atoms with Crippen LogP contribution >= 0.6 is 0 Å². The molecule has 0 radical (unpaired) electrons. The van der Waals surface area contributed by atoms with Crippen LogP contribution in [0.4, 0.5) is 10.3 Å². The number of phenols is 1. The third-order valence-electron chi connectivity index (χ3n) is 7.21. The highest BCUT2D eigenvalue weighted by Gasteiger charge is 2.30. The molecule has 0 fully saturated rings. The molecule has 2 N–H and O–H groups in total. The Morgan fingerprint density at radius 3 is 2.15 bits per heavy atom. The molecule has 1 aliphatic heterocycles. The first-order chi connectivity index (χ1) is 19.3. The van der Waals surface area contributed by atoms with Gasteiger partial charge in [-0.1, -0.05) is 41.5 Å². The summed E-state index contributed by atoms with van der Waals surface area (Å²) >= 11 is 0. The Morgan fingerprint density at radius 2 is 1.56 bits per heavy atom. The lowest BCUT2D eigenvalue weighted by molar-refractivity contribution is -0.114. The summed E-state index contributed by atoms with van der Waals surface area (Å²) in [6.45, 7) is 13.3. The maximum Gasteiger partial charge on any atom is 0.253 e. The Hall–Kier alpha value is -4.46. The van der Waals surface area contributed by atoms with E-state index in [0.717, 1.165) is 33.5 Å². The number of amides is 1. The summed E-state index contributed by atoms with van der Waals surface area (Å²) in [5.74, 6) is 0.206. The number of phenolic OH excluding ortho intramolecular Hbond substituents is 1. The number of pyridine rings is 1. The van der Waals surface area contributed by atoms with E-state index in [2.05, 4.69) is 52.0 Å². The molecule has 2 aromatic heterocycles. The minimum atomic E-state index is -0.332. The largest absolute Gasteiger partial charge is 0.507 e. The summed E-state index contributed by atoms with van der Waals surface area (Å²) in [6.07, 6.45) is 6.76.